The number of ether oxygens (including phenoxy) is 1. The van der Waals surface area contributed by atoms with Gasteiger partial charge in [0.1, 0.15) is 0 Å². The molecule has 24 heavy (non-hydrogen) atoms. The molecule has 0 spiro atoms. The maximum Gasteiger partial charge on any atom is 0.307 e. The van der Waals surface area contributed by atoms with Crippen LogP contribution in [0, 0.1) is 0 Å². The highest BCUT2D eigenvalue weighted by molar-refractivity contribution is 7.99. The normalized spacial score (nSPS) is 10.7. The van der Waals surface area contributed by atoms with Gasteiger partial charge in [0, 0.05) is 15.7 Å². The van der Waals surface area contributed by atoms with Crippen LogP contribution in [-0.2, 0) is 16.1 Å². The van der Waals surface area contributed by atoms with Crippen molar-refractivity contribution in [3.05, 3.63) is 52.6 Å². The summed E-state index contributed by atoms with van der Waals surface area (Å²) in [6.45, 7) is 0.0132. The number of carbonyl (C=O) groups excluding carboxylic acids is 1. The lowest BCUT2D eigenvalue weighted by atomic mass is 10.4. The van der Waals surface area contributed by atoms with Gasteiger partial charge in [0.15, 0.2) is 6.61 Å². The summed E-state index contributed by atoms with van der Waals surface area (Å²) in [4.78, 5) is 17.9. The van der Waals surface area contributed by atoms with Crippen molar-refractivity contribution in [3.8, 4) is 10.8 Å². The first kappa shape index (κ1) is 17.0. The summed E-state index contributed by atoms with van der Waals surface area (Å²) in [5.41, 5.74) is 0. The highest BCUT2D eigenvalue weighted by atomic mass is 35.5. The second-order valence-corrected chi connectivity index (χ2v) is 7.26. The molecule has 0 bridgehead atoms. The summed E-state index contributed by atoms with van der Waals surface area (Å²) in [5.74, 6) is 1.14. The van der Waals surface area contributed by atoms with Crippen LogP contribution in [0.15, 0.2) is 51.2 Å². The van der Waals surface area contributed by atoms with E-state index < -0.39 is 0 Å². The van der Waals surface area contributed by atoms with Gasteiger partial charge >= 0.3 is 5.97 Å². The van der Waals surface area contributed by atoms with E-state index in [-0.39, 0.29) is 12.6 Å². The Balaban J connectivity index is 1.40. The number of hydrogen-bond acceptors (Lipinski definition) is 7. The molecule has 1 aromatic carbocycles. The van der Waals surface area contributed by atoms with Crippen LogP contribution in [0.3, 0.4) is 0 Å². The first-order valence-electron chi connectivity index (χ1n) is 7.11. The molecule has 2 aromatic heterocycles. The van der Waals surface area contributed by atoms with Crippen LogP contribution >= 0.6 is 34.7 Å². The molecule has 5 nitrogen and oxygen atoms in total. The fourth-order valence-electron chi connectivity index (χ4n) is 1.81. The van der Waals surface area contributed by atoms with Crippen molar-refractivity contribution in [1.29, 1.82) is 0 Å². The van der Waals surface area contributed by atoms with E-state index in [1.54, 1.807) is 11.8 Å². The van der Waals surface area contributed by atoms with Gasteiger partial charge in [-0.3, -0.25) is 4.79 Å². The Morgan fingerprint density at radius 3 is 2.88 bits per heavy atom. The predicted octanol–water partition coefficient (Wildman–Crippen LogP) is 4.68. The van der Waals surface area contributed by atoms with Crippen molar-refractivity contribution in [2.45, 2.75) is 17.9 Å². The summed E-state index contributed by atoms with van der Waals surface area (Å²) in [5, 5.41) is 6.43. The number of thioether (sulfide) groups is 1. The second-order valence-electron chi connectivity index (χ2n) is 4.71. The van der Waals surface area contributed by atoms with Gasteiger partial charge in [0.05, 0.1) is 11.3 Å². The van der Waals surface area contributed by atoms with Crippen molar-refractivity contribution in [2.24, 2.45) is 0 Å². The van der Waals surface area contributed by atoms with Crippen LogP contribution in [0.2, 0.25) is 5.02 Å². The highest BCUT2D eigenvalue weighted by Crippen LogP contribution is 2.23. The minimum atomic E-state index is -0.293. The molecule has 8 heteroatoms. The van der Waals surface area contributed by atoms with Crippen molar-refractivity contribution in [2.75, 3.05) is 5.75 Å². The van der Waals surface area contributed by atoms with Crippen molar-refractivity contribution < 1.29 is 14.1 Å². The van der Waals surface area contributed by atoms with E-state index >= 15 is 0 Å². The molecule has 3 aromatic rings. The van der Waals surface area contributed by atoms with Gasteiger partial charge in [-0.1, -0.05) is 22.8 Å². The summed E-state index contributed by atoms with van der Waals surface area (Å²) in [6.07, 6.45) is 0.308. The summed E-state index contributed by atoms with van der Waals surface area (Å²) in [7, 11) is 0. The topological polar surface area (TPSA) is 65.2 Å². The lowest BCUT2D eigenvalue weighted by Gasteiger charge is -2.02. The third-order valence-electron chi connectivity index (χ3n) is 2.95. The van der Waals surface area contributed by atoms with Gasteiger partial charge in [-0.25, -0.2) is 0 Å². The first-order chi connectivity index (χ1) is 11.7. The fraction of sp³-hybridized carbons (Fsp3) is 0.188. The van der Waals surface area contributed by atoms with E-state index in [2.05, 4.69) is 10.1 Å². The maximum atomic E-state index is 11.8. The van der Waals surface area contributed by atoms with Gasteiger partial charge in [0.2, 0.25) is 5.82 Å². The van der Waals surface area contributed by atoms with Crippen LogP contribution < -0.4 is 0 Å². The number of thiophene rings is 1. The van der Waals surface area contributed by atoms with E-state index in [9.17, 15) is 4.79 Å². The summed E-state index contributed by atoms with van der Waals surface area (Å²) in [6, 6.07) is 11.3. The molecule has 0 aliphatic rings. The Bertz CT molecular complexity index is 788. The standard InChI is InChI=1S/C16H13ClN2O3S2/c17-11-3-5-12(6-4-11)23-9-7-15(20)21-10-14-18-16(22-19-14)13-2-1-8-24-13/h1-6,8H,7,9-10H2. The van der Waals surface area contributed by atoms with E-state index in [1.807, 2.05) is 41.8 Å². The molecule has 0 radical (unpaired) electrons. The minimum Gasteiger partial charge on any atom is -0.457 e. The van der Waals surface area contributed by atoms with Crippen LogP contribution in [-0.4, -0.2) is 21.9 Å². The lowest BCUT2D eigenvalue weighted by Crippen LogP contribution is -2.06. The number of nitrogens with zero attached hydrogens (tertiary/aromatic N) is 2. The zero-order chi connectivity index (χ0) is 16.8. The summed E-state index contributed by atoms with van der Waals surface area (Å²) >= 11 is 8.91. The largest absolute Gasteiger partial charge is 0.457 e. The molecular formula is C16H13ClN2O3S2. The number of hydrogen-bond donors (Lipinski definition) is 0. The van der Waals surface area contributed by atoms with E-state index in [4.69, 9.17) is 20.9 Å². The molecule has 0 atom stereocenters. The SMILES string of the molecule is O=C(CCSc1ccc(Cl)cc1)OCc1noc(-c2cccs2)n1. The number of halogens is 1. The summed E-state index contributed by atoms with van der Waals surface area (Å²) < 4.78 is 10.3. The number of benzene rings is 1. The number of carbonyl (C=O) groups is 1. The zero-order valence-corrected chi connectivity index (χ0v) is 14.9. The number of esters is 1. The Labute approximate surface area is 152 Å². The first-order valence-corrected chi connectivity index (χ1v) is 9.35. The average Bonchev–Trinajstić information content (AvgIpc) is 3.26. The van der Waals surface area contributed by atoms with E-state index in [0.29, 0.717) is 28.9 Å². The Morgan fingerprint density at radius 1 is 1.29 bits per heavy atom. The number of rotatable bonds is 7. The van der Waals surface area contributed by atoms with Crippen LogP contribution in [0.25, 0.3) is 10.8 Å². The molecule has 0 unspecified atom stereocenters. The molecule has 0 saturated carbocycles. The minimum absolute atomic E-state index is 0.0132. The van der Waals surface area contributed by atoms with Gasteiger partial charge < -0.3 is 9.26 Å². The molecular weight excluding hydrogens is 368 g/mol. The molecule has 0 saturated heterocycles. The Hall–Kier alpha value is -1.83. The van der Waals surface area contributed by atoms with Gasteiger partial charge in [-0.05, 0) is 35.7 Å². The van der Waals surface area contributed by atoms with Crippen molar-refractivity contribution in [1.82, 2.24) is 10.1 Å². The lowest BCUT2D eigenvalue weighted by molar-refractivity contribution is -0.144. The molecule has 124 valence electrons. The Morgan fingerprint density at radius 2 is 2.12 bits per heavy atom. The molecule has 0 fully saturated rings. The van der Waals surface area contributed by atoms with Gasteiger partial charge in [0.25, 0.3) is 5.89 Å². The van der Waals surface area contributed by atoms with Gasteiger partial charge in [-0.15, -0.1) is 23.1 Å². The van der Waals surface area contributed by atoms with E-state index in [0.717, 1.165) is 9.77 Å². The molecule has 0 aliphatic heterocycles. The number of aromatic nitrogens is 2. The van der Waals surface area contributed by atoms with Crippen molar-refractivity contribution >= 4 is 40.7 Å². The molecule has 0 aliphatic carbocycles. The fourth-order valence-corrected chi connectivity index (χ4v) is 3.42. The van der Waals surface area contributed by atoms with Gasteiger partial charge in [-0.2, -0.15) is 4.98 Å². The Kier molecular flexibility index (Phi) is 5.90. The predicted molar refractivity (Wildman–Crippen MR) is 94.2 cm³/mol. The monoisotopic (exact) mass is 380 g/mol. The smallest absolute Gasteiger partial charge is 0.307 e. The third kappa shape index (κ3) is 4.83. The molecule has 0 N–H and O–H groups in total. The zero-order valence-electron chi connectivity index (χ0n) is 12.5. The molecule has 2 heterocycles. The third-order valence-corrected chi connectivity index (χ3v) is 5.07. The molecule has 0 amide bonds. The van der Waals surface area contributed by atoms with E-state index in [1.165, 1.54) is 11.3 Å². The molecule has 3 rings (SSSR count). The van der Waals surface area contributed by atoms with Crippen LogP contribution in [0.4, 0.5) is 0 Å². The van der Waals surface area contributed by atoms with Crippen LogP contribution in [0.5, 0.6) is 0 Å². The van der Waals surface area contributed by atoms with Crippen LogP contribution in [0.1, 0.15) is 12.2 Å². The van der Waals surface area contributed by atoms with Crippen molar-refractivity contribution in [3.63, 3.8) is 0 Å². The highest BCUT2D eigenvalue weighted by Gasteiger charge is 2.11. The average molecular weight is 381 g/mol. The second kappa shape index (κ2) is 8.32. The quantitative estimate of drug-likeness (QED) is 0.438. The maximum absolute atomic E-state index is 11.8.